The van der Waals surface area contributed by atoms with Gasteiger partial charge in [0.05, 0.1) is 24.2 Å². The summed E-state index contributed by atoms with van der Waals surface area (Å²) >= 11 is 1.65. The number of rotatable bonds is 5. The van der Waals surface area contributed by atoms with Gasteiger partial charge >= 0.3 is 0 Å². The summed E-state index contributed by atoms with van der Waals surface area (Å²) in [6.07, 6.45) is 2.15. The fourth-order valence-corrected chi connectivity index (χ4v) is 4.76. The molecule has 3 heterocycles. The zero-order valence-electron chi connectivity index (χ0n) is 18.4. The molecule has 160 valence electrons. The van der Waals surface area contributed by atoms with Crippen LogP contribution in [-0.2, 0) is 17.8 Å². The van der Waals surface area contributed by atoms with E-state index in [9.17, 15) is 4.79 Å². The van der Waals surface area contributed by atoms with Crippen LogP contribution in [0, 0.1) is 6.92 Å². The minimum absolute atomic E-state index is 0.0583. The van der Waals surface area contributed by atoms with Crippen LogP contribution in [0.5, 0.6) is 0 Å². The number of thiazole rings is 1. The standard InChI is InChI=1S/C26H24N4OS/c1-16(2)21-6-4-5-7-22(21)25-27-13-20-12-23(31)30(26(20)29-25)14-18-8-10-19(11-9-18)24-17(3)32-15-28-24/h4-11,13,15-16H,12,14H2,1-3H3. The van der Waals surface area contributed by atoms with Crippen molar-refractivity contribution in [1.82, 2.24) is 15.0 Å². The van der Waals surface area contributed by atoms with Gasteiger partial charge in [0, 0.05) is 27.8 Å². The average Bonchev–Trinajstić information content (AvgIpc) is 3.36. The summed E-state index contributed by atoms with van der Waals surface area (Å²) in [5, 5.41) is 0. The number of hydrogen-bond donors (Lipinski definition) is 0. The number of hydrogen-bond acceptors (Lipinski definition) is 5. The molecule has 0 unspecified atom stereocenters. The smallest absolute Gasteiger partial charge is 0.233 e. The molecule has 2 aromatic heterocycles. The molecule has 5 rings (SSSR count). The van der Waals surface area contributed by atoms with Crippen LogP contribution in [0.25, 0.3) is 22.6 Å². The molecule has 0 radical (unpaired) electrons. The third-order valence-electron chi connectivity index (χ3n) is 5.88. The Morgan fingerprint density at radius 3 is 2.56 bits per heavy atom. The molecular formula is C26H24N4OS. The minimum atomic E-state index is 0.0583. The molecule has 1 aliphatic rings. The zero-order valence-corrected chi connectivity index (χ0v) is 19.2. The van der Waals surface area contributed by atoms with Gasteiger partial charge in [0.1, 0.15) is 5.82 Å². The van der Waals surface area contributed by atoms with Crippen LogP contribution >= 0.6 is 11.3 Å². The van der Waals surface area contributed by atoms with Crippen LogP contribution in [0.15, 0.2) is 60.2 Å². The number of carbonyl (C=O) groups excluding carboxylic acids is 1. The van der Waals surface area contributed by atoms with Gasteiger partial charge in [0.25, 0.3) is 0 Å². The summed E-state index contributed by atoms with van der Waals surface area (Å²) in [4.78, 5) is 29.7. The molecule has 0 saturated carbocycles. The van der Waals surface area contributed by atoms with Gasteiger partial charge in [-0.2, -0.15) is 0 Å². The van der Waals surface area contributed by atoms with Crippen molar-refractivity contribution in [3.05, 3.63) is 81.8 Å². The SMILES string of the molecule is Cc1scnc1-c1ccc(CN2C(=O)Cc3cnc(-c4ccccc4C(C)C)nc32)cc1. The van der Waals surface area contributed by atoms with E-state index in [0.717, 1.165) is 33.8 Å². The van der Waals surface area contributed by atoms with E-state index in [0.29, 0.717) is 24.7 Å². The van der Waals surface area contributed by atoms with E-state index in [-0.39, 0.29) is 5.91 Å². The van der Waals surface area contributed by atoms with E-state index in [1.165, 1.54) is 10.4 Å². The lowest BCUT2D eigenvalue weighted by atomic mass is 9.97. The Hall–Kier alpha value is -3.38. The molecule has 1 amide bonds. The quantitative estimate of drug-likeness (QED) is 0.394. The summed E-state index contributed by atoms with van der Waals surface area (Å²) in [5.41, 5.74) is 8.15. The molecule has 5 nitrogen and oxygen atoms in total. The molecule has 0 N–H and O–H groups in total. The Morgan fingerprint density at radius 1 is 1.06 bits per heavy atom. The van der Waals surface area contributed by atoms with Crippen molar-refractivity contribution in [3.63, 3.8) is 0 Å². The van der Waals surface area contributed by atoms with E-state index in [4.69, 9.17) is 4.98 Å². The Labute approximate surface area is 191 Å². The van der Waals surface area contributed by atoms with Gasteiger partial charge in [-0.05, 0) is 24.0 Å². The molecule has 0 aliphatic carbocycles. The normalized spacial score (nSPS) is 13.1. The summed E-state index contributed by atoms with van der Waals surface area (Å²) in [5.74, 6) is 1.81. The molecule has 0 atom stereocenters. The molecule has 0 fully saturated rings. The predicted molar refractivity (Wildman–Crippen MR) is 129 cm³/mol. The number of amides is 1. The third kappa shape index (κ3) is 3.71. The number of aromatic nitrogens is 3. The minimum Gasteiger partial charge on any atom is -0.292 e. The van der Waals surface area contributed by atoms with Crippen LogP contribution in [0.4, 0.5) is 5.82 Å². The lowest BCUT2D eigenvalue weighted by Crippen LogP contribution is -2.26. The van der Waals surface area contributed by atoms with Gasteiger partial charge < -0.3 is 0 Å². The van der Waals surface area contributed by atoms with Gasteiger partial charge in [-0.25, -0.2) is 15.0 Å². The lowest BCUT2D eigenvalue weighted by molar-refractivity contribution is -0.117. The van der Waals surface area contributed by atoms with E-state index in [2.05, 4.69) is 67.1 Å². The van der Waals surface area contributed by atoms with E-state index in [1.807, 2.05) is 17.6 Å². The molecule has 0 saturated heterocycles. The van der Waals surface area contributed by atoms with Crippen LogP contribution in [-0.4, -0.2) is 20.9 Å². The molecule has 1 aliphatic heterocycles. The number of carbonyl (C=O) groups is 1. The first-order valence-corrected chi connectivity index (χ1v) is 11.6. The largest absolute Gasteiger partial charge is 0.292 e. The number of nitrogens with zero attached hydrogens (tertiary/aromatic N) is 4. The van der Waals surface area contributed by atoms with Crippen molar-refractivity contribution >= 4 is 23.1 Å². The number of benzene rings is 2. The van der Waals surface area contributed by atoms with E-state index >= 15 is 0 Å². The highest BCUT2D eigenvalue weighted by Crippen LogP contribution is 2.33. The van der Waals surface area contributed by atoms with Gasteiger partial charge in [-0.15, -0.1) is 11.3 Å². The average molecular weight is 441 g/mol. The van der Waals surface area contributed by atoms with Crippen LogP contribution in [0.2, 0.25) is 0 Å². The van der Waals surface area contributed by atoms with Crippen LogP contribution in [0.1, 0.15) is 41.3 Å². The highest BCUT2D eigenvalue weighted by molar-refractivity contribution is 7.10. The zero-order chi connectivity index (χ0) is 22.2. The topological polar surface area (TPSA) is 59.0 Å². The van der Waals surface area contributed by atoms with Crippen LogP contribution < -0.4 is 4.90 Å². The maximum atomic E-state index is 12.8. The lowest BCUT2D eigenvalue weighted by Gasteiger charge is -2.18. The molecule has 32 heavy (non-hydrogen) atoms. The highest BCUT2D eigenvalue weighted by atomic mass is 32.1. The molecular weight excluding hydrogens is 416 g/mol. The first-order valence-electron chi connectivity index (χ1n) is 10.8. The Kier molecular flexibility index (Phi) is 5.31. The molecule has 6 heteroatoms. The number of fused-ring (bicyclic) bond motifs is 1. The van der Waals surface area contributed by atoms with E-state index < -0.39 is 0 Å². The van der Waals surface area contributed by atoms with Crippen molar-refractivity contribution in [2.75, 3.05) is 4.90 Å². The van der Waals surface area contributed by atoms with Crippen molar-refractivity contribution in [1.29, 1.82) is 0 Å². The van der Waals surface area contributed by atoms with Gasteiger partial charge in [-0.3, -0.25) is 9.69 Å². The van der Waals surface area contributed by atoms with Crippen molar-refractivity contribution in [2.24, 2.45) is 0 Å². The van der Waals surface area contributed by atoms with Gasteiger partial charge in [-0.1, -0.05) is 62.4 Å². The maximum absolute atomic E-state index is 12.8. The first kappa shape index (κ1) is 20.5. The molecule has 0 bridgehead atoms. The van der Waals surface area contributed by atoms with Gasteiger partial charge in [0.2, 0.25) is 5.91 Å². The van der Waals surface area contributed by atoms with Gasteiger partial charge in [0.15, 0.2) is 5.82 Å². The fraction of sp³-hybridized carbons (Fsp3) is 0.231. The second-order valence-corrected chi connectivity index (χ2v) is 9.45. The Bertz CT molecular complexity index is 1290. The van der Waals surface area contributed by atoms with E-state index in [1.54, 1.807) is 22.4 Å². The predicted octanol–water partition coefficient (Wildman–Crippen LogP) is 5.79. The third-order valence-corrected chi connectivity index (χ3v) is 6.63. The summed E-state index contributed by atoms with van der Waals surface area (Å²) in [7, 11) is 0. The summed E-state index contributed by atoms with van der Waals surface area (Å²) in [6, 6.07) is 16.5. The first-order chi connectivity index (χ1) is 15.5. The monoisotopic (exact) mass is 440 g/mol. The fourth-order valence-electron chi connectivity index (χ4n) is 4.16. The van der Waals surface area contributed by atoms with Crippen LogP contribution in [0.3, 0.4) is 0 Å². The van der Waals surface area contributed by atoms with Crippen molar-refractivity contribution < 1.29 is 4.79 Å². The molecule has 2 aromatic carbocycles. The second-order valence-electron chi connectivity index (χ2n) is 8.40. The summed E-state index contributed by atoms with van der Waals surface area (Å²) < 4.78 is 0. The molecule has 4 aromatic rings. The maximum Gasteiger partial charge on any atom is 0.233 e. The summed E-state index contributed by atoms with van der Waals surface area (Å²) in [6.45, 7) is 6.90. The molecule has 0 spiro atoms. The number of anilines is 1. The number of aryl methyl sites for hydroxylation is 1. The Morgan fingerprint density at radius 2 is 1.84 bits per heavy atom. The van der Waals surface area contributed by atoms with Crippen molar-refractivity contribution in [2.45, 2.75) is 39.7 Å². The Balaban J connectivity index is 1.45. The van der Waals surface area contributed by atoms with Crippen molar-refractivity contribution in [3.8, 4) is 22.6 Å². The highest BCUT2D eigenvalue weighted by Gasteiger charge is 2.30. The second kappa shape index (κ2) is 8.28.